The number of rotatable bonds is 3. The Bertz CT molecular complexity index is 511. The van der Waals surface area contributed by atoms with Gasteiger partial charge in [-0.05, 0) is 0 Å². The number of Topliss-reactive ketones (excluding diaryl/α,β-unsaturated/α-hetero) is 1. The Balaban J connectivity index is 2.20. The van der Waals surface area contributed by atoms with Crippen LogP contribution in [-0.4, -0.2) is 32.7 Å². The molecule has 0 spiro atoms. The molecule has 0 fully saturated rings. The summed E-state index contributed by atoms with van der Waals surface area (Å²) >= 11 is 0. The van der Waals surface area contributed by atoms with Crippen molar-refractivity contribution in [2.75, 3.05) is 6.61 Å². The van der Waals surface area contributed by atoms with Crippen molar-refractivity contribution in [1.82, 2.24) is 14.4 Å². The molecule has 0 saturated heterocycles. The second-order valence-electron chi connectivity index (χ2n) is 3.01. The van der Waals surface area contributed by atoms with E-state index in [1.165, 1.54) is 13.3 Å². The van der Waals surface area contributed by atoms with Gasteiger partial charge in [0.05, 0.1) is 0 Å². The molecule has 6 nitrogen and oxygen atoms in total. The number of imidazole rings is 2. The number of ether oxygens (including phenoxy) is 1. The van der Waals surface area contributed by atoms with Crippen molar-refractivity contribution in [3.63, 3.8) is 0 Å². The van der Waals surface area contributed by atoms with Crippen LogP contribution in [0.3, 0.4) is 0 Å². The van der Waals surface area contributed by atoms with Gasteiger partial charge in [-0.1, -0.05) is 0 Å². The molecule has 0 aliphatic rings. The van der Waals surface area contributed by atoms with E-state index in [4.69, 9.17) is 0 Å². The van der Waals surface area contributed by atoms with E-state index in [0.29, 0.717) is 5.65 Å². The van der Waals surface area contributed by atoms with Crippen LogP contribution in [0.2, 0.25) is 0 Å². The third kappa shape index (κ3) is 1.74. The van der Waals surface area contributed by atoms with Crippen LogP contribution >= 0.6 is 0 Å². The minimum atomic E-state index is -0.481. The highest BCUT2D eigenvalue weighted by atomic mass is 16.5. The zero-order valence-corrected chi connectivity index (χ0v) is 8.06. The van der Waals surface area contributed by atoms with Gasteiger partial charge in [-0.15, -0.1) is 0 Å². The largest absolute Gasteiger partial charge is 0.457 e. The summed E-state index contributed by atoms with van der Waals surface area (Å²) in [5.41, 5.74) is 0.883. The van der Waals surface area contributed by atoms with Crippen LogP contribution < -0.4 is 0 Å². The molecular weight excluding hydrogens is 198 g/mol. The van der Waals surface area contributed by atoms with E-state index < -0.39 is 5.97 Å². The van der Waals surface area contributed by atoms with E-state index in [2.05, 4.69) is 14.7 Å². The topological polar surface area (TPSA) is 76.5 Å². The molecule has 0 saturated carbocycles. The van der Waals surface area contributed by atoms with Gasteiger partial charge >= 0.3 is 5.97 Å². The van der Waals surface area contributed by atoms with Crippen LogP contribution in [0, 0.1) is 0 Å². The van der Waals surface area contributed by atoms with E-state index in [0.717, 1.165) is 0 Å². The van der Waals surface area contributed by atoms with Gasteiger partial charge in [-0.2, -0.15) is 0 Å². The molecule has 15 heavy (non-hydrogen) atoms. The predicted octanol–water partition coefficient (Wildman–Crippen LogP) is 0.408. The molecule has 2 aromatic heterocycles. The first-order valence-electron chi connectivity index (χ1n) is 4.35. The van der Waals surface area contributed by atoms with Gasteiger partial charge in [-0.25, -0.2) is 4.98 Å². The van der Waals surface area contributed by atoms with Crippen molar-refractivity contribution >= 4 is 17.4 Å². The number of nitrogens with one attached hydrogen (secondary N) is 1. The first-order chi connectivity index (χ1) is 7.18. The molecule has 0 bridgehead atoms. The van der Waals surface area contributed by atoms with Crippen LogP contribution in [-0.2, 0) is 9.53 Å². The molecule has 6 heteroatoms. The maximum Gasteiger partial charge on any atom is 0.303 e. The van der Waals surface area contributed by atoms with Crippen LogP contribution in [0.4, 0.5) is 0 Å². The average Bonchev–Trinajstić information content (AvgIpc) is 2.74. The lowest BCUT2D eigenvalue weighted by Crippen LogP contribution is -2.12. The Hall–Kier alpha value is -2.11. The van der Waals surface area contributed by atoms with E-state index in [-0.39, 0.29) is 18.1 Å². The number of hydrogen-bond acceptors (Lipinski definition) is 4. The second kappa shape index (κ2) is 3.56. The third-order valence-corrected chi connectivity index (χ3v) is 1.92. The smallest absolute Gasteiger partial charge is 0.303 e. The Morgan fingerprint density at radius 3 is 3.13 bits per heavy atom. The fourth-order valence-corrected chi connectivity index (χ4v) is 1.25. The molecule has 0 radical (unpaired) electrons. The molecular formula is C9H9N3O3. The summed E-state index contributed by atoms with van der Waals surface area (Å²) in [6, 6.07) is 0. The molecule has 0 atom stereocenters. The van der Waals surface area contributed by atoms with Crippen molar-refractivity contribution in [2.24, 2.45) is 0 Å². The molecule has 2 rings (SSSR count). The van der Waals surface area contributed by atoms with Crippen molar-refractivity contribution in [2.45, 2.75) is 6.92 Å². The number of carbonyl (C=O) groups is 2. The van der Waals surface area contributed by atoms with Crippen LogP contribution in [0.25, 0.3) is 5.65 Å². The van der Waals surface area contributed by atoms with Crippen LogP contribution in [0.15, 0.2) is 18.7 Å². The number of carbonyl (C=O) groups excluding carboxylic acids is 2. The van der Waals surface area contributed by atoms with Gasteiger partial charge in [0.1, 0.15) is 12.0 Å². The molecule has 0 amide bonds. The zero-order valence-electron chi connectivity index (χ0n) is 8.06. The summed E-state index contributed by atoms with van der Waals surface area (Å²) < 4.78 is 6.28. The molecule has 2 heterocycles. The van der Waals surface area contributed by atoms with Gasteiger partial charge in [-0.3, -0.25) is 14.0 Å². The molecule has 0 unspecified atom stereocenters. The number of nitrogens with zero attached hydrogens (tertiary/aromatic N) is 2. The van der Waals surface area contributed by atoms with Crippen LogP contribution in [0.1, 0.15) is 17.4 Å². The Morgan fingerprint density at radius 1 is 1.60 bits per heavy atom. The molecule has 2 aromatic rings. The standard InChI is InChI=1S/C9H9N3O3/c1-6(13)15-4-7(14)8-9-10-2-3-12(9)5-11-8/h2-3,5,10H,4H2,1H3. The van der Waals surface area contributed by atoms with Gasteiger partial charge in [0, 0.05) is 19.3 Å². The lowest BCUT2D eigenvalue weighted by molar-refractivity contribution is -0.139. The summed E-state index contributed by atoms with van der Waals surface area (Å²) in [6.45, 7) is 0.978. The van der Waals surface area contributed by atoms with Crippen molar-refractivity contribution in [1.29, 1.82) is 0 Å². The van der Waals surface area contributed by atoms with E-state index in [1.54, 1.807) is 16.8 Å². The summed E-state index contributed by atoms with van der Waals surface area (Å²) in [5.74, 6) is -0.805. The second-order valence-corrected chi connectivity index (χ2v) is 3.01. The first kappa shape index (κ1) is 9.45. The van der Waals surface area contributed by atoms with Gasteiger partial charge in [0.2, 0.25) is 5.78 Å². The van der Waals surface area contributed by atoms with Crippen molar-refractivity contribution in [3.05, 3.63) is 24.4 Å². The number of aromatic amines is 1. The molecule has 0 aliphatic heterocycles. The fraction of sp³-hybridized carbons (Fsp3) is 0.222. The highest BCUT2D eigenvalue weighted by Crippen LogP contribution is 2.07. The van der Waals surface area contributed by atoms with Crippen LogP contribution in [0.5, 0.6) is 0 Å². The molecule has 1 N–H and O–H groups in total. The summed E-state index contributed by atoms with van der Waals surface area (Å²) in [4.78, 5) is 28.9. The Labute approximate surface area is 84.9 Å². The normalized spacial score (nSPS) is 10.5. The van der Waals surface area contributed by atoms with E-state index >= 15 is 0 Å². The van der Waals surface area contributed by atoms with E-state index in [1.807, 2.05) is 0 Å². The fourth-order valence-electron chi connectivity index (χ4n) is 1.25. The SMILES string of the molecule is CC(=O)OCC(=O)c1ncn2cc[nH]c12. The summed E-state index contributed by atoms with van der Waals surface area (Å²) in [5, 5.41) is 0. The number of H-pyrrole nitrogens is 1. The number of aromatic nitrogens is 3. The highest BCUT2D eigenvalue weighted by molar-refractivity contribution is 6.01. The predicted molar refractivity (Wildman–Crippen MR) is 50.5 cm³/mol. The molecule has 78 valence electrons. The van der Waals surface area contributed by atoms with Crippen molar-refractivity contribution in [3.8, 4) is 0 Å². The minimum absolute atomic E-state index is 0.277. The first-order valence-corrected chi connectivity index (χ1v) is 4.35. The highest BCUT2D eigenvalue weighted by Gasteiger charge is 2.14. The van der Waals surface area contributed by atoms with Gasteiger partial charge in [0.25, 0.3) is 0 Å². The maximum atomic E-state index is 11.5. The third-order valence-electron chi connectivity index (χ3n) is 1.92. The maximum absolute atomic E-state index is 11.5. The quantitative estimate of drug-likeness (QED) is 0.584. The molecule has 0 aromatic carbocycles. The zero-order chi connectivity index (χ0) is 10.8. The van der Waals surface area contributed by atoms with Gasteiger partial charge in [0.15, 0.2) is 12.3 Å². The number of hydrogen-bond donors (Lipinski definition) is 1. The average molecular weight is 207 g/mol. The Morgan fingerprint density at radius 2 is 2.40 bits per heavy atom. The summed E-state index contributed by atoms with van der Waals surface area (Å²) in [7, 11) is 0. The lowest BCUT2D eigenvalue weighted by Gasteiger charge is -1.97. The molecule has 0 aliphatic carbocycles. The minimum Gasteiger partial charge on any atom is -0.457 e. The summed E-state index contributed by atoms with van der Waals surface area (Å²) in [6.07, 6.45) is 4.96. The monoisotopic (exact) mass is 207 g/mol. The Kier molecular flexibility index (Phi) is 2.24. The number of ketones is 1. The lowest BCUT2D eigenvalue weighted by atomic mass is 10.3. The van der Waals surface area contributed by atoms with Gasteiger partial charge < -0.3 is 9.72 Å². The number of fused-ring (bicyclic) bond motifs is 1. The van der Waals surface area contributed by atoms with Crippen molar-refractivity contribution < 1.29 is 14.3 Å². The van der Waals surface area contributed by atoms with E-state index in [9.17, 15) is 9.59 Å². The number of esters is 1.